The summed E-state index contributed by atoms with van der Waals surface area (Å²) >= 11 is 0. The van der Waals surface area contributed by atoms with Crippen LogP contribution in [0.25, 0.3) is 0 Å². The molecule has 1 N–H and O–H groups in total. The monoisotopic (exact) mass is 292 g/mol. The van der Waals surface area contributed by atoms with Crippen molar-refractivity contribution in [1.82, 2.24) is 0 Å². The number of anilines is 1. The van der Waals surface area contributed by atoms with Gasteiger partial charge in [0.1, 0.15) is 11.8 Å². The predicted molar refractivity (Wildman–Crippen MR) is 71.5 cm³/mol. The molecule has 6 heteroatoms. The lowest BCUT2D eigenvalue weighted by Gasteiger charge is -2.15. The Morgan fingerprint density at radius 2 is 1.76 bits per heavy atom. The Balaban J connectivity index is 2.19. The van der Waals surface area contributed by atoms with Crippen LogP contribution in [0.2, 0.25) is 0 Å². The average Bonchev–Trinajstić information content (AvgIpc) is 2.44. The zero-order valence-electron chi connectivity index (χ0n) is 10.8. The molecule has 0 radical (unpaired) electrons. The fraction of sp³-hybridized carbons (Fsp3) is 0.133. The van der Waals surface area contributed by atoms with Crippen LogP contribution >= 0.6 is 0 Å². The van der Waals surface area contributed by atoms with Crippen molar-refractivity contribution in [2.45, 2.75) is 12.4 Å². The minimum absolute atomic E-state index is 0.352. The van der Waals surface area contributed by atoms with Crippen LogP contribution in [0.5, 0.6) is 5.75 Å². The van der Waals surface area contributed by atoms with E-state index in [0.717, 1.165) is 0 Å². The number of nitriles is 1. The largest absolute Gasteiger partial charge is 0.573 e. The molecule has 0 saturated carbocycles. The highest BCUT2D eigenvalue weighted by Crippen LogP contribution is 2.26. The van der Waals surface area contributed by atoms with Gasteiger partial charge in [0, 0.05) is 5.69 Å². The number of rotatable bonds is 4. The minimum atomic E-state index is -4.76. The minimum Gasteiger partial charge on any atom is -0.406 e. The maximum absolute atomic E-state index is 12.2. The molecule has 2 aromatic rings. The Kier molecular flexibility index (Phi) is 4.33. The highest BCUT2D eigenvalue weighted by Gasteiger charge is 2.31. The third kappa shape index (κ3) is 4.42. The van der Waals surface area contributed by atoms with Crippen molar-refractivity contribution in [3.05, 3.63) is 60.2 Å². The van der Waals surface area contributed by atoms with Gasteiger partial charge in [-0.3, -0.25) is 0 Å². The van der Waals surface area contributed by atoms with Gasteiger partial charge in [-0.1, -0.05) is 30.3 Å². The first-order valence-corrected chi connectivity index (χ1v) is 6.05. The Bertz CT molecular complexity index is 635. The lowest BCUT2D eigenvalue weighted by atomic mass is 10.1. The van der Waals surface area contributed by atoms with Crippen LogP contribution in [0.4, 0.5) is 18.9 Å². The van der Waals surface area contributed by atoms with Gasteiger partial charge in [-0.25, -0.2) is 0 Å². The summed E-state index contributed by atoms with van der Waals surface area (Å²) in [5, 5.41) is 12.1. The average molecular weight is 292 g/mol. The summed E-state index contributed by atoms with van der Waals surface area (Å²) < 4.78 is 40.5. The number of ether oxygens (including phenoxy) is 1. The number of alkyl halides is 3. The van der Waals surface area contributed by atoms with Crippen molar-refractivity contribution in [3.63, 3.8) is 0 Å². The highest BCUT2D eigenvalue weighted by molar-refractivity contribution is 5.48. The summed E-state index contributed by atoms with van der Waals surface area (Å²) in [6, 6.07) is 15.5. The van der Waals surface area contributed by atoms with Crippen LogP contribution in [-0.2, 0) is 0 Å². The highest BCUT2D eigenvalue weighted by atomic mass is 19.4. The van der Waals surface area contributed by atoms with E-state index in [1.54, 1.807) is 30.3 Å². The van der Waals surface area contributed by atoms with Crippen LogP contribution < -0.4 is 10.1 Å². The van der Waals surface area contributed by atoms with Gasteiger partial charge in [-0.15, -0.1) is 13.2 Å². The number of halogens is 3. The summed E-state index contributed by atoms with van der Waals surface area (Å²) in [6.45, 7) is 0. The Hall–Kier alpha value is -2.68. The molecular weight excluding hydrogens is 281 g/mol. The quantitative estimate of drug-likeness (QED) is 0.915. The van der Waals surface area contributed by atoms with Gasteiger partial charge in [0.05, 0.1) is 6.07 Å². The number of nitrogens with one attached hydrogen (secondary N) is 1. The summed E-state index contributed by atoms with van der Waals surface area (Å²) in [6.07, 6.45) is -4.76. The fourth-order valence-electron chi connectivity index (χ4n) is 1.78. The van der Waals surface area contributed by atoms with Gasteiger partial charge >= 0.3 is 6.36 Å². The molecule has 1 atom stereocenters. The molecule has 3 nitrogen and oxygen atoms in total. The van der Waals surface area contributed by atoms with E-state index >= 15 is 0 Å². The molecular formula is C15H11F3N2O. The van der Waals surface area contributed by atoms with Gasteiger partial charge < -0.3 is 10.1 Å². The molecule has 0 amide bonds. The lowest BCUT2D eigenvalue weighted by molar-refractivity contribution is -0.274. The van der Waals surface area contributed by atoms with Crippen molar-refractivity contribution < 1.29 is 17.9 Å². The van der Waals surface area contributed by atoms with E-state index < -0.39 is 12.4 Å². The van der Waals surface area contributed by atoms with Crippen molar-refractivity contribution in [2.75, 3.05) is 5.32 Å². The van der Waals surface area contributed by atoms with E-state index in [1.807, 2.05) is 12.1 Å². The molecule has 0 aliphatic heterocycles. The predicted octanol–water partition coefficient (Wildman–Crippen LogP) is 4.26. The third-order valence-electron chi connectivity index (χ3n) is 2.64. The summed E-state index contributed by atoms with van der Waals surface area (Å²) in [7, 11) is 0. The van der Waals surface area contributed by atoms with E-state index in [-0.39, 0.29) is 5.75 Å². The summed E-state index contributed by atoms with van der Waals surface area (Å²) in [5.41, 5.74) is 1.09. The van der Waals surface area contributed by atoms with E-state index in [0.29, 0.717) is 11.3 Å². The van der Waals surface area contributed by atoms with Gasteiger partial charge in [-0.2, -0.15) is 5.26 Å². The summed E-state index contributed by atoms with van der Waals surface area (Å²) in [5.74, 6) is -0.352. The second kappa shape index (κ2) is 6.18. The maximum atomic E-state index is 12.2. The SMILES string of the molecule is N#CC(Nc1ccccc1)c1cccc(OC(F)(F)F)c1. The Morgan fingerprint density at radius 1 is 1.05 bits per heavy atom. The normalized spacial score (nSPS) is 12.3. The van der Waals surface area contributed by atoms with E-state index in [2.05, 4.69) is 10.1 Å². The van der Waals surface area contributed by atoms with Crippen molar-refractivity contribution in [1.29, 1.82) is 5.26 Å². The molecule has 1 unspecified atom stereocenters. The molecule has 0 heterocycles. The molecule has 0 bridgehead atoms. The van der Waals surface area contributed by atoms with Gasteiger partial charge in [-0.05, 0) is 29.8 Å². The zero-order chi connectivity index (χ0) is 15.3. The van der Waals surface area contributed by atoms with Crippen molar-refractivity contribution >= 4 is 5.69 Å². The van der Waals surface area contributed by atoms with E-state index in [4.69, 9.17) is 0 Å². The molecule has 0 fully saturated rings. The first-order valence-electron chi connectivity index (χ1n) is 6.05. The molecule has 0 aromatic heterocycles. The summed E-state index contributed by atoms with van der Waals surface area (Å²) in [4.78, 5) is 0. The number of hydrogen-bond acceptors (Lipinski definition) is 3. The number of benzene rings is 2. The van der Waals surface area contributed by atoms with Crippen LogP contribution in [0.15, 0.2) is 54.6 Å². The second-order valence-corrected chi connectivity index (χ2v) is 4.19. The molecule has 0 spiro atoms. The molecule has 0 aliphatic rings. The van der Waals surface area contributed by atoms with Crippen LogP contribution in [-0.4, -0.2) is 6.36 Å². The Labute approximate surface area is 119 Å². The van der Waals surface area contributed by atoms with Crippen LogP contribution in [0.3, 0.4) is 0 Å². The van der Waals surface area contributed by atoms with Gasteiger partial charge in [0.2, 0.25) is 0 Å². The molecule has 2 aromatic carbocycles. The molecule has 21 heavy (non-hydrogen) atoms. The number of nitrogens with zero attached hydrogens (tertiary/aromatic N) is 1. The van der Waals surface area contributed by atoms with Gasteiger partial charge in [0.15, 0.2) is 0 Å². The smallest absolute Gasteiger partial charge is 0.406 e. The first-order chi connectivity index (χ1) is 9.98. The second-order valence-electron chi connectivity index (χ2n) is 4.19. The first kappa shape index (κ1) is 14.7. The standard InChI is InChI=1S/C15H11F3N2O/c16-15(17,18)21-13-8-4-5-11(9-13)14(10-19)20-12-6-2-1-3-7-12/h1-9,14,20H. The topological polar surface area (TPSA) is 45.0 Å². The molecule has 2 rings (SSSR count). The van der Waals surface area contributed by atoms with Crippen molar-refractivity contribution in [3.8, 4) is 11.8 Å². The Morgan fingerprint density at radius 3 is 2.38 bits per heavy atom. The van der Waals surface area contributed by atoms with Crippen LogP contribution in [0, 0.1) is 11.3 Å². The van der Waals surface area contributed by atoms with Crippen LogP contribution in [0.1, 0.15) is 11.6 Å². The van der Waals surface area contributed by atoms with Gasteiger partial charge in [0.25, 0.3) is 0 Å². The van der Waals surface area contributed by atoms with E-state index in [9.17, 15) is 18.4 Å². The maximum Gasteiger partial charge on any atom is 0.573 e. The number of hydrogen-bond donors (Lipinski definition) is 1. The van der Waals surface area contributed by atoms with E-state index in [1.165, 1.54) is 18.2 Å². The number of para-hydroxylation sites is 1. The molecule has 0 aliphatic carbocycles. The fourth-order valence-corrected chi connectivity index (χ4v) is 1.78. The zero-order valence-corrected chi connectivity index (χ0v) is 10.8. The third-order valence-corrected chi connectivity index (χ3v) is 2.64. The lowest BCUT2D eigenvalue weighted by Crippen LogP contribution is -2.17. The van der Waals surface area contributed by atoms with Crippen molar-refractivity contribution in [2.24, 2.45) is 0 Å². The molecule has 0 saturated heterocycles. The molecule has 108 valence electrons.